The lowest BCUT2D eigenvalue weighted by molar-refractivity contribution is -0.119. The van der Waals surface area contributed by atoms with Crippen molar-refractivity contribution in [1.29, 1.82) is 0 Å². The van der Waals surface area contributed by atoms with Crippen molar-refractivity contribution >= 4 is 11.9 Å². The Kier molecular flexibility index (Phi) is 5.67. The smallest absolute Gasteiger partial charge is 0.321 e. The van der Waals surface area contributed by atoms with Gasteiger partial charge in [-0.1, -0.05) is 6.07 Å². The van der Waals surface area contributed by atoms with Crippen LogP contribution < -0.4 is 16.0 Å². The van der Waals surface area contributed by atoms with Gasteiger partial charge in [-0.25, -0.2) is 4.79 Å². The second-order valence-corrected chi connectivity index (χ2v) is 3.45. The molecule has 0 bridgehead atoms. The first-order valence-electron chi connectivity index (χ1n) is 5.33. The van der Waals surface area contributed by atoms with Gasteiger partial charge in [0.25, 0.3) is 0 Å². The number of nitrogens with one attached hydrogen (secondary N) is 3. The van der Waals surface area contributed by atoms with Crippen molar-refractivity contribution in [2.75, 3.05) is 13.6 Å². The average Bonchev–Trinajstić information content (AvgIpc) is 2.35. The number of carbonyl (C=O) groups excluding carboxylic acids is 2. The monoisotopic (exact) mass is 236 g/mol. The van der Waals surface area contributed by atoms with E-state index in [4.69, 9.17) is 0 Å². The van der Waals surface area contributed by atoms with Crippen molar-refractivity contribution in [3.05, 3.63) is 30.1 Å². The van der Waals surface area contributed by atoms with Gasteiger partial charge in [0, 0.05) is 31.9 Å². The lowest BCUT2D eigenvalue weighted by Gasteiger charge is -2.06. The molecule has 0 saturated heterocycles. The highest BCUT2D eigenvalue weighted by atomic mass is 16.2. The molecule has 0 spiro atoms. The Morgan fingerprint density at radius 2 is 2.24 bits per heavy atom. The topological polar surface area (TPSA) is 83.1 Å². The van der Waals surface area contributed by atoms with Gasteiger partial charge in [0.2, 0.25) is 5.91 Å². The Morgan fingerprint density at radius 1 is 1.41 bits per heavy atom. The Morgan fingerprint density at radius 3 is 2.88 bits per heavy atom. The Hall–Kier alpha value is -1.95. The van der Waals surface area contributed by atoms with Crippen LogP contribution in [0.2, 0.25) is 0 Å². The van der Waals surface area contributed by atoms with E-state index in [1.165, 1.54) is 0 Å². The summed E-state index contributed by atoms with van der Waals surface area (Å²) in [5.74, 6) is -0.303. The van der Waals surface area contributed by atoms with Crippen molar-refractivity contribution in [1.82, 2.24) is 20.9 Å². The van der Waals surface area contributed by atoms with Gasteiger partial charge in [0.05, 0.1) is 0 Å². The summed E-state index contributed by atoms with van der Waals surface area (Å²) in [6.07, 6.45) is 3.59. The molecule has 1 heterocycles. The number of hydrogen-bond acceptors (Lipinski definition) is 4. The van der Waals surface area contributed by atoms with Gasteiger partial charge in [0.1, 0.15) is 0 Å². The fraction of sp³-hybridized carbons (Fsp3) is 0.364. The van der Waals surface area contributed by atoms with Crippen LogP contribution in [0.5, 0.6) is 0 Å². The molecule has 3 amide bonds. The maximum absolute atomic E-state index is 11.3. The number of aromatic nitrogens is 1. The van der Waals surface area contributed by atoms with E-state index < -0.39 is 6.03 Å². The zero-order valence-electron chi connectivity index (χ0n) is 9.69. The second-order valence-electron chi connectivity index (χ2n) is 3.45. The molecule has 0 atom stereocenters. The van der Waals surface area contributed by atoms with Gasteiger partial charge in [-0.3, -0.25) is 15.1 Å². The number of nitrogens with zero attached hydrogens (tertiary/aromatic N) is 1. The van der Waals surface area contributed by atoms with Crippen LogP contribution in [0.15, 0.2) is 24.5 Å². The molecule has 0 aliphatic rings. The fourth-order valence-corrected chi connectivity index (χ4v) is 1.16. The van der Waals surface area contributed by atoms with E-state index in [1.807, 2.05) is 6.07 Å². The lowest BCUT2D eigenvalue weighted by atomic mass is 10.3. The first kappa shape index (κ1) is 13.1. The van der Waals surface area contributed by atoms with E-state index in [9.17, 15) is 9.59 Å². The second kappa shape index (κ2) is 7.34. The number of carbonyl (C=O) groups is 2. The molecule has 1 aromatic heterocycles. The van der Waals surface area contributed by atoms with Crippen LogP contribution in [0, 0.1) is 0 Å². The number of rotatable bonds is 5. The summed E-state index contributed by atoms with van der Waals surface area (Å²) in [4.78, 5) is 26.4. The van der Waals surface area contributed by atoms with Gasteiger partial charge >= 0.3 is 6.03 Å². The zero-order valence-corrected chi connectivity index (χ0v) is 9.69. The molecule has 6 nitrogen and oxygen atoms in total. The van der Waals surface area contributed by atoms with Crippen LogP contribution in [0.3, 0.4) is 0 Å². The summed E-state index contributed by atoms with van der Waals surface area (Å²) >= 11 is 0. The Labute approximate surface area is 99.8 Å². The van der Waals surface area contributed by atoms with E-state index in [0.29, 0.717) is 13.1 Å². The Bertz CT molecular complexity index is 367. The molecule has 0 saturated carbocycles. The van der Waals surface area contributed by atoms with Crippen LogP contribution in [0.4, 0.5) is 4.79 Å². The van der Waals surface area contributed by atoms with Crippen LogP contribution in [-0.4, -0.2) is 30.5 Å². The molecule has 0 radical (unpaired) electrons. The van der Waals surface area contributed by atoms with Gasteiger partial charge in [0.15, 0.2) is 0 Å². The molecule has 17 heavy (non-hydrogen) atoms. The molecule has 6 heteroatoms. The maximum Gasteiger partial charge on any atom is 0.321 e. The zero-order chi connectivity index (χ0) is 12.5. The number of urea groups is 1. The van der Waals surface area contributed by atoms with Gasteiger partial charge in [-0.05, 0) is 18.7 Å². The van der Waals surface area contributed by atoms with Crippen molar-refractivity contribution in [2.24, 2.45) is 0 Å². The molecule has 92 valence electrons. The molecule has 1 aromatic rings. The standard InChI is InChI=1S/C11H16N4O2/c1-12-6-4-10(16)15-11(17)14-8-9-3-2-5-13-7-9/h2-3,5,7,12H,4,6,8H2,1H3,(H2,14,15,16,17). The third-order valence-electron chi connectivity index (χ3n) is 2.03. The first-order valence-corrected chi connectivity index (χ1v) is 5.33. The minimum atomic E-state index is -0.491. The van der Waals surface area contributed by atoms with Crippen molar-refractivity contribution in [2.45, 2.75) is 13.0 Å². The molecule has 0 aliphatic heterocycles. The van der Waals surface area contributed by atoms with E-state index >= 15 is 0 Å². The Balaban J connectivity index is 2.24. The van der Waals surface area contributed by atoms with Crippen molar-refractivity contribution < 1.29 is 9.59 Å². The minimum Gasteiger partial charge on any atom is -0.334 e. The first-order chi connectivity index (χ1) is 8.22. The fourth-order valence-electron chi connectivity index (χ4n) is 1.16. The normalized spacial score (nSPS) is 9.71. The number of imide groups is 1. The summed E-state index contributed by atoms with van der Waals surface area (Å²) in [5.41, 5.74) is 0.880. The highest BCUT2D eigenvalue weighted by Gasteiger charge is 2.06. The summed E-state index contributed by atoms with van der Waals surface area (Å²) < 4.78 is 0. The highest BCUT2D eigenvalue weighted by molar-refractivity contribution is 5.94. The van der Waals surface area contributed by atoms with Crippen LogP contribution in [0.1, 0.15) is 12.0 Å². The molecular formula is C11H16N4O2. The molecule has 1 rings (SSSR count). The molecule has 0 unspecified atom stereocenters. The van der Waals surface area contributed by atoms with E-state index in [0.717, 1.165) is 5.56 Å². The van der Waals surface area contributed by atoms with E-state index in [1.54, 1.807) is 25.5 Å². The van der Waals surface area contributed by atoms with Gasteiger partial charge < -0.3 is 10.6 Å². The largest absolute Gasteiger partial charge is 0.334 e. The lowest BCUT2D eigenvalue weighted by Crippen LogP contribution is -2.39. The maximum atomic E-state index is 11.3. The predicted octanol–water partition coefficient (Wildman–Crippen LogP) is 0.0169. The summed E-state index contributed by atoms with van der Waals surface area (Å²) in [5, 5.41) is 7.64. The van der Waals surface area contributed by atoms with Crippen LogP contribution in [0.25, 0.3) is 0 Å². The molecule has 0 fully saturated rings. The summed E-state index contributed by atoms with van der Waals surface area (Å²) in [6, 6.07) is 3.14. The van der Waals surface area contributed by atoms with Crippen LogP contribution >= 0.6 is 0 Å². The van der Waals surface area contributed by atoms with Crippen molar-refractivity contribution in [3.63, 3.8) is 0 Å². The average molecular weight is 236 g/mol. The predicted molar refractivity (Wildman–Crippen MR) is 63.2 cm³/mol. The molecule has 0 aliphatic carbocycles. The van der Waals surface area contributed by atoms with Gasteiger partial charge in [-0.15, -0.1) is 0 Å². The number of pyridine rings is 1. The third-order valence-corrected chi connectivity index (χ3v) is 2.03. The third kappa shape index (κ3) is 5.62. The molecule has 3 N–H and O–H groups in total. The SMILES string of the molecule is CNCCC(=O)NC(=O)NCc1cccnc1. The van der Waals surface area contributed by atoms with E-state index in [2.05, 4.69) is 20.9 Å². The van der Waals surface area contributed by atoms with Crippen molar-refractivity contribution in [3.8, 4) is 0 Å². The van der Waals surface area contributed by atoms with Gasteiger partial charge in [-0.2, -0.15) is 0 Å². The summed E-state index contributed by atoms with van der Waals surface area (Å²) in [7, 11) is 1.75. The number of amides is 3. The molecular weight excluding hydrogens is 220 g/mol. The quantitative estimate of drug-likeness (QED) is 0.673. The summed E-state index contributed by atoms with van der Waals surface area (Å²) in [6.45, 7) is 0.890. The minimum absolute atomic E-state index is 0.275. The highest BCUT2D eigenvalue weighted by Crippen LogP contribution is 1.93. The van der Waals surface area contributed by atoms with Crippen LogP contribution in [-0.2, 0) is 11.3 Å². The number of hydrogen-bond donors (Lipinski definition) is 3. The van der Waals surface area contributed by atoms with E-state index in [-0.39, 0.29) is 12.3 Å². The molecule has 0 aromatic carbocycles.